The van der Waals surface area contributed by atoms with E-state index in [9.17, 15) is 14.4 Å². The molecule has 3 N–H and O–H groups in total. The molecule has 1 aliphatic carbocycles. The van der Waals surface area contributed by atoms with Crippen LogP contribution in [0.4, 0.5) is 5.69 Å². The lowest BCUT2D eigenvalue weighted by Gasteiger charge is -2.33. The summed E-state index contributed by atoms with van der Waals surface area (Å²) in [7, 11) is 1.47. The Hall–Kier alpha value is -2.87. The van der Waals surface area contributed by atoms with Gasteiger partial charge in [-0.1, -0.05) is 23.7 Å². The fourth-order valence-corrected chi connectivity index (χ4v) is 4.34. The highest BCUT2D eigenvalue weighted by Crippen LogP contribution is 2.36. The fourth-order valence-electron chi connectivity index (χ4n) is 4.10. The Balaban J connectivity index is 1.74. The number of nitrogens with zero attached hydrogens (tertiary/aromatic N) is 3. The minimum atomic E-state index is -0.694. The van der Waals surface area contributed by atoms with E-state index in [0.717, 1.165) is 5.69 Å². The molecular formula is C21H26ClN5O3. The Morgan fingerprint density at radius 1 is 1.23 bits per heavy atom. The van der Waals surface area contributed by atoms with E-state index in [2.05, 4.69) is 10.3 Å². The van der Waals surface area contributed by atoms with E-state index in [1.807, 2.05) is 25.1 Å². The summed E-state index contributed by atoms with van der Waals surface area (Å²) in [5.74, 6) is -1.22. The smallest absolute Gasteiger partial charge is 0.272 e. The van der Waals surface area contributed by atoms with Crippen molar-refractivity contribution >= 4 is 35.0 Å². The van der Waals surface area contributed by atoms with Gasteiger partial charge in [0.15, 0.2) is 5.69 Å². The molecule has 1 heterocycles. The van der Waals surface area contributed by atoms with Crippen molar-refractivity contribution in [2.24, 2.45) is 11.7 Å². The van der Waals surface area contributed by atoms with E-state index in [4.69, 9.17) is 17.3 Å². The summed E-state index contributed by atoms with van der Waals surface area (Å²) < 4.78 is 1.68. The number of hydrogen-bond donors (Lipinski definition) is 2. The maximum Gasteiger partial charge on any atom is 0.272 e. The van der Waals surface area contributed by atoms with Crippen molar-refractivity contribution in [3.8, 4) is 0 Å². The quantitative estimate of drug-likeness (QED) is 0.732. The van der Waals surface area contributed by atoms with Crippen LogP contribution >= 0.6 is 11.6 Å². The number of benzene rings is 1. The van der Waals surface area contributed by atoms with E-state index in [1.54, 1.807) is 15.5 Å². The van der Waals surface area contributed by atoms with E-state index < -0.39 is 11.8 Å². The summed E-state index contributed by atoms with van der Waals surface area (Å²) in [6.07, 6.45) is 4.17. The largest absolute Gasteiger partial charge is 0.364 e. The number of amides is 3. The molecule has 3 rings (SSSR count). The third-order valence-corrected chi connectivity index (χ3v) is 5.95. The monoisotopic (exact) mass is 431 g/mol. The Morgan fingerprint density at radius 3 is 2.47 bits per heavy atom. The molecule has 160 valence electrons. The first-order chi connectivity index (χ1) is 14.4. The molecule has 1 aromatic heterocycles. The molecule has 2 aromatic rings. The van der Waals surface area contributed by atoms with Gasteiger partial charge in [-0.3, -0.25) is 14.4 Å². The number of aromatic nitrogens is 2. The Kier molecular flexibility index (Phi) is 6.77. The second-order valence-corrected chi connectivity index (χ2v) is 7.74. The molecular weight excluding hydrogens is 406 g/mol. The number of carbonyl (C=O) groups is 3. The van der Waals surface area contributed by atoms with Crippen LogP contribution in [0.1, 0.15) is 59.6 Å². The number of imidazole rings is 1. The van der Waals surface area contributed by atoms with Crippen molar-refractivity contribution in [2.45, 2.75) is 38.6 Å². The first-order valence-corrected chi connectivity index (χ1v) is 10.4. The lowest BCUT2D eigenvalue weighted by atomic mass is 9.84. The van der Waals surface area contributed by atoms with Crippen molar-refractivity contribution in [3.63, 3.8) is 0 Å². The summed E-state index contributed by atoms with van der Waals surface area (Å²) in [4.78, 5) is 42.9. The molecule has 9 heteroatoms. The summed E-state index contributed by atoms with van der Waals surface area (Å²) in [5, 5.41) is 3.02. The molecule has 3 amide bonds. The SMILES string of the molecule is CCN(c1ccccc1Cl)C(=O)[C@H]1CC[C@H](n2cnc(C(=O)NC)c2C(N)=O)CC1. The van der Waals surface area contributed by atoms with Crippen LogP contribution in [0.25, 0.3) is 0 Å². The Labute approximate surface area is 180 Å². The molecule has 1 aromatic carbocycles. The van der Waals surface area contributed by atoms with Crippen LogP contribution in [0.15, 0.2) is 30.6 Å². The van der Waals surface area contributed by atoms with E-state index in [1.165, 1.54) is 13.4 Å². The second-order valence-electron chi connectivity index (χ2n) is 7.33. The lowest BCUT2D eigenvalue weighted by Crippen LogP contribution is -2.38. The van der Waals surface area contributed by atoms with Crippen LogP contribution in [0, 0.1) is 5.92 Å². The average molecular weight is 432 g/mol. The number of carbonyl (C=O) groups excluding carboxylic acids is 3. The summed E-state index contributed by atoms with van der Waals surface area (Å²) in [5.41, 5.74) is 6.37. The molecule has 0 bridgehead atoms. The number of nitrogens with one attached hydrogen (secondary N) is 1. The Bertz CT molecular complexity index is 950. The third kappa shape index (κ3) is 4.18. The van der Waals surface area contributed by atoms with Crippen molar-refractivity contribution in [1.82, 2.24) is 14.9 Å². The van der Waals surface area contributed by atoms with Crippen molar-refractivity contribution < 1.29 is 14.4 Å². The second kappa shape index (κ2) is 9.30. The molecule has 0 unspecified atom stereocenters. The van der Waals surface area contributed by atoms with Crippen LogP contribution < -0.4 is 16.0 Å². The number of nitrogens with two attached hydrogens (primary N) is 1. The predicted octanol–water partition coefficient (Wildman–Crippen LogP) is 2.78. The van der Waals surface area contributed by atoms with Gasteiger partial charge in [-0.15, -0.1) is 0 Å². The molecule has 30 heavy (non-hydrogen) atoms. The molecule has 8 nitrogen and oxygen atoms in total. The van der Waals surface area contributed by atoms with Crippen molar-refractivity contribution in [1.29, 1.82) is 0 Å². The summed E-state index contributed by atoms with van der Waals surface area (Å²) >= 11 is 6.29. The van der Waals surface area contributed by atoms with Gasteiger partial charge in [-0.05, 0) is 44.7 Å². The van der Waals surface area contributed by atoms with Crippen LogP contribution in [0.5, 0.6) is 0 Å². The maximum absolute atomic E-state index is 13.2. The zero-order valence-electron chi connectivity index (χ0n) is 17.1. The van der Waals surface area contributed by atoms with Gasteiger partial charge in [0.25, 0.3) is 11.8 Å². The Morgan fingerprint density at radius 2 is 1.90 bits per heavy atom. The number of hydrogen-bond acceptors (Lipinski definition) is 4. The van der Waals surface area contributed by atoms with Gasteiger partial charge in [0.2, 0.25) is 5.91 Å². The standard InChI is InChI=1S/C21H26ClN5O3/c1-3-26(16-7-5-4-6-15(16)22)21(30)13-8-10-14(11-9-13)27-12-25-17(20(29)24-2)18(27)19(23)28/h4-7,12-14H,3,8-11H2,1-2H3,(H2,23,28)(H,24,29)/t13-,14-. The van der Waals surface area contributed by atoms with E-state index in [0.29, 0.717) is 37.3 Å². The average Bonchev–Trinajstić information content (AvgIpc) is 3.20. The zero-order chi connectivity index (χ0) is 21.8. The molecule has 0 atom stereocenters. The summed E-state index contributed by atoms with van der Waals surface area (Å²) in [6.45, 7) is 2.46. The fraction of sp³-hybridized carbons (Fsp3) is 0.429. The lowest BCUT2D eigenvalue weighted by molar-refractivity contribution is -0.123. The number of rotatable bonds is 6. The highest BCUT2D eigenvalue weighted by atomic mass is 35.5. The maximum atomic E-state index is 13.2. The zero-order valence-corrected chi connectivity index (χ0v) is 17.9. The van der Waals surface area contributed by atoms with E-state index in [-0.39, 0.29) is 29.3 Å². The van der Waals surface area contributed by atoms with E-state index >= 15 is 0 Å². The van der Waals surface area contributed by atoms with Gasteiger partial charge in [0, 0.05) is 25.6 Å². The molecule has 1 fully saturated rings. The molecule has 0 radical (unpaired) electrons. The molecule has 0 aliphatic heterocycles. The number of anilines is 1. The van der Waals surface area contributed by atoms with Crippen molar-refractivity contribution in [2.75, 3.05) is 18.5 Å². The minimum Gasteiger partial charge on any atom is -0.364 e. The third-order valence-electron chi connectivity index (χ3n) is 5.63. The highest BCUT2D eigenvalue weighted by Gasteiger charge is 2.33. The predicted molar refractivity (Wildman–Crippen MR) is 115 cm³/mol. The van der Waals surface area contributed by atoms with Gasteiger partial charge in [0.1, 0.15) is 5.69 Å². The number of halogens is 1. The van der Waals surface area contributed by atoms with Crippen LogP contribution in [0.2, 0.25) is 5.02 Å². The molecule has 1 aliphatic rings. The normalized spacial score (nSPS) is 18.6. The topological polar surface area (TPSA) is 110 Å². The first kappa shape index (κ1) is 21.8. The van der Waals surface area contributed by atoms with Gasteiger partial charge in [0.05, 0.1) is 17.0 Å². The molecule has 1 saturated carbocycles. The van der Waals surface area contributed by atoms with Crippen LogP contribution in [-0.4, -0.2) is 40.9 Å². The van der Waals surface area contributed by atoms with Crippen LogP contribution in [0.3, 0.4) is 0 Å². The molecule has 0 saturated heterocycles. The van der Waals surface area contributed by atoms with Crippen LogP contribution in [-0.2, 0) is 4.79 Å². The highest BCUT2D eigenvalue weighted by molar-refractivity contribution is 6.33. The number of para-hydroxylation sites is 1. The van der Waals surface area contributed by atoms with Gasteiger partial charge in [-0.25, -0.2) is 4.98 Å². The first-order valence-electron chi connectivity index (χ1n) is 10.0. The molecule has 0 spiro atoms. The van der Waals surface area contributed by atoms with Crippen molar-refractivity contribution in [3.05, 3.63) is 47.0 Å². The van der Waals surface area contributed by atoms with Gasteiger partial charge < -0.3 is 20.5 Å². The number of primary amides is 1. The summed E-state index contributed by atoms with van der Waals surface area (Å²) in [6, 6.07) is 7.28. The van der Waals surface area contributed by atoms with Gasteiger partial charge >= 0.3 is 0 Å². The minimum absolute atomic E-state index is 0.0269. The van der Waals surface area contributed by atoms with Gasteiger partial charge in [-0.2, -0.15) is 0 Å².